The predicted molar refractivity (Wildman–Crippen MR) is 78.7 cm³/mol. The van der Waals surface area contributed by atoms with Crippen LogP contribution in [0.1, 0.15) is 29.0 Å². The van der Waals surface area contributed by atoms with E-state index in [0.29, 0.717) is 6.54 Å². The standard InChI is InChI=1S/C14H13BrF3NS/c1-9(19-8-10-6-7-13(15)20-10)11-4-2-3-5-12(11)14(16,17)18/h2-7,9,19H,8H2,1H3. The molecule has 0 amide bonds. The summed E-state index contributed by atoms with van der Waals surface area (Å²) in [5.41, 5.74) is -0.303. The van der Waals surface area contributed by atoms with Crippen molar-refractivity contribution in [2.24, 2.45) is 0 Å². The Morgan fingerprint density at radius 3 is 2.50 bits per heavy atom. The number of alkyl halides is 3. The first-order chi connectivity index (χ1) is 9.38. The van der Waals surface area contributed by atoms with Crippen molar-refractivity contribution >= 4 is 27.3 Å². The summed E-state index contributed by atoms with van der Waals surface area (Å²) in [7, 11) is 0. The minimum absolute atomic E-state index is 0.274. The fourth-order valence-corrected chi connectivity index (χ4v) is 3.38. The van der Waals surface area contributed by atoms with E-state index in [1.54, 1.807) is 24.3 Å². The molecule has 0 bridgehead atoms. The molecule has 0 aliphatic rings. The molecule has 1 nitrogen and oxygen atoms in total. The maximum Gasteiger partial charge on any atom is 0.416 e. The quantitative estimate of drug-likeness (QED) is 0.768. The normalized spacial score (nSPS) is 13.4. The topological polar surface area (TPSA) is 12.0 Å². The molecular formula is C14H13BrF3NS. The van der Waals surface area contributed by atoms with Crippen molar-refractivity contribution in [1.29, 1.82) is 0 Å². The monoisotopic (exact) mass is 363 g/mol. The van der Waals surface area contributed by atoms with Crippen molar-refractivity contribution in [2.45, 2.75) is 25.7 Å². The number of benzene rings is 1. The van der Waals surface area contributed by atoms with Crippen LogP contribution in [-0.2, 0) is 12.7 Å². The van der Waals surface area contributed by atoms with E-state index >= 15 is 0 Å². The van der Waals surface area contributed by atoms with Gasteiger partial charge in [0.2, 0.25) is 0 Å². The maximum atomic E-state index is 12.9. The second kappa shape index (κ2) is 6.28. The van der Waals surface area contributed by atoms with Crippen LogP contribution in [0.15, 0.2) is 40.2 Å². The van der Waals surface area contributed by atoms with Crippen LogP contribution < -0.4 is 5.32 Å². The van der Waals surface area contributed by atoms with Gasteiger partial charge in [0.15, 0.2) is 0 Å². The molecule has 1 heterocycles. The van der Waals surface area contributed by atoms with Crippen LogP contribution in [0.5, 0.6) is 0 Å². The van der Waals surface area contributed by atoms with Gasteiger partial charge in [0.25, 0.3) is 0 Å². The molecule has 1 atom stereocenters. The molecule has 0 saturated heterocycles. The molecule has 0 aliphatic carbocycles. The van der Waals surface area contributed by atoms with Gasteiger partial charge in [-0.1, -0.05) is 18.2 Å². The number of thiophene rings is 1. The van der Waals surface area contributed by atoms with Gasteiger partial charge in [0, 0.05) is 17.5 Å². The lowest BCUT2D eigenvalue weighted by Crippen LogP contribution is -2.21. The molecule has 0 aliphatic heterocycles. The molecule has 1 unspecified atom stereocenters. The molecule has 108 valence electrons. The van der Waals surface area contributed by atoms with Crippen molar-refractivity contribution in [3.05, 3.63) is 56.2 Å². The zero-order valence-electron chi connectivity index (χ0n) is 10.7. The summed E-state index contributed by atoms with van der Waals surface area (Å²) < 4.78 is 39.8. The van der Waals surface area contributed by atoms with E-state index in [9.17, 15) is 13.2 Å². The Labute approximate surface area is 128 Å². The van der Waals surface area contributed by atoms with Crippen molar-refractivity contribution < 1.29 is 13.2 Å². The average molecular weight is 364 g/mol. The molecule has 1 N–H and O–H groups in total. The van der Waals surface area contributed by atoms with Crippen molar-refractivity contribution in [2.75, 3.05) is 0 Å². The van der Waals surface area contributed by atoms with E-state index in [0.717, 1.165) is 14.7 Å². The van der Waals surface area contributed by atoms with Crippen LogP contribution in [-0.4, -0.2) is 0 Å². The van der Waals surface area contributed by atoms with E-state index in [1.165, 1.54) is 12.1 Å². The van der Waals surface area contributed by atoms with Gasteiger partial charge in [0.05, 0.1) is 9.35 Å². The average Bonchev–Trinajstić information content (AvgIpc) is 2.81. The minimum Gasteiger partial charge on any atom is -0.305 e. The van der Waals surface area contributed by atoms with Gasteiger partial charge in [0.1, 0.15) is 0 Å². The van der Waals surface area contributed by atoms with Crippen LogP contribution in [0.3, 0.4) is 0 Å². The first-order valence-corrected chi connectivity index (χ1v) is 7.62. The van der Waals surface area contributed by atoms with Gasteiger partial charge < -0.3 is 5.32 Å². The molecule has 20 heavy (non-hydrogen) atoms. The summed E-state index contributed by atoms with van der Waals surface area (Å²) in [4.78, 5) is 1.08. The van der Waals surface area contributed by atoms with E-state index in [2.05, 4.69) is 21.2 Å². The third-order valence-corrected chi connectivity index (χ3v) is 4.57. The molecule has 0 radical (unpaired) electrons. The lowest BCUT2D eigenvalue weighted by molar-refractivity contribution is -0.138. The first kappa shape index (κ1) is 15.5. The Morgan fingerprint density at radius 1 is 1.20 bits per heavy atom. The van der Waals surface area contributed by atoms with E-state index in [4.69, 9.17) is 0 Å². The maximum absolute atomic E-state index is 12.9. The number of halogens is 4. The SMILES string of the molecule is CC(NCc1ccc(Br)s1)c1ccccc1C(F)(F)F. The fourth-order valence-electron chi connectivity index (χ4n) is 1.94. The number of nitrogens with one attached hydrogen (secondary N) is 1. The number of hydrogen-bond acceptors (Lipinski definition) is 2. The van der Waals surface area contributed by atoms with E-state index in [-0.39, 0.29) is 11.6 Å². The van der Waals surface area contributed by atoms with E-state index in [1.807, 2.05) is 12.1 Å². The molecule has 0 spiro atoms. The Hall–Kier alpha value is -0.850. The first-order valence-electron chi connectivity index (χ1n) is 6.01. The summed E-state index contributed by atoms with van der Waals surface area (Å²) in [5.74, 6) is 0. The summed E-state index contributed by atoms with van der Waals surface area (Å²) >= 11 is 4.93. The highest BCUT2D eigenvalue weighted by Gasteiger charge is 2.33. The van der Waals surface area contributed by atoms with Crippen LogP contribution in [0.2, 0.25) is 0 Å². The number of hydrogen-bond donors (Lipinski definition) is 1. The van der Waals surface area contributed by atoms with Gasteiger partial charge in [-0.05, 0) is 46.6 Å². The summed E-state index contributed by atoms with van der Waals surface area (Å²) in [6, 6.07) is 9.19. The van der Waals surface area contributed by atoms with Gasteiger partial charge in [-0.3, -0.25) is 0 Å². The molecule has 1 aromatic carbocycles. The minimum atomic E-state index is -4.32. The van der Waals surface area contributed by atoms with Crippen LogP contribution in [0, 0.1) is 0 Å². The summed E-state index contributed by atoms with van der Waals surface area (Å²) in [6.45, 7) is 2.29. The van der Waals surface area contributed by atoms with Crippen molar-refractivity contribution in [3.63, 3.8) is 0 Å². The molecule has 2 rings (SSSR count). The smallest absolute Gasteiger partial charge is 0.305 e. The second-order valence-corrected chi connectivity index (χ2v) is 6.94. The highest BCUT2D eigenvalue weighted by atomic mass is 79.9. The van der Waals surface area contributed by atoms with Gasteiger partial charge >= 0.3 is 6.18 Å². The molecule has 0 fully saturated rings. The Kier molecular flexibility index (Phi) is 4.88. The Morgan fingerprint density at radius 2 is 1.90 bits per heavy atom. The van der Waals surface area contributed by atoms with Crippen molar-refractivity contribution in [1.82, 2.24) is 5.32 Å². The molecule has 2 aromatic rings. The van der Waals surface area contributed by atoms with Crippen molar-refractivity contribution in [3.8, 4) is 0 Å². The molecule has 0 saturated carbocycles. The zero-order chi connectivity index (χ0) is 14.8. The number of rotatable bonds is 4. The molecule has 6 heteroatoms. The predicted octanol–water partition coefficient (Wildman–Crippen LogP) is 5.38. The highest BCUT2D eigenvalue weighted by Crippen LogP contribution is 2.34. The summed E-state index contributed by atoms with van der Waals surface area (Å²) in [5, 5.41) is 3.13. The zero-order valence-corrected chi connectivity index (χ0v) is 13.1. The van der Waals surface area contributed by atoms with Crippen LogP contribution in [0.4, 0.5) is 13.2 Å². The second-order valence-electron chi connectivity index (χ2n) is 4.39. The third-order valence-electron chi connectivity index (χ3n) is 2.94. The lowest BCUT2D eigenvalue weighted by atomic mass is 10.0. The summed E-state index contributed by atoms with van der Waals surface area (Å²) in [6.07, 6.45) is -4.32. The fraction of sp³-hybridized carbons (Fsp3) is 0.286. The molecular weight excluding hydrogens is 351 g/mol. The van der Waals surface area contributed by atoms with Gasteiger partial charge in [-0.15, -0.1) is 11.3 Å². The lowest BCUT2D eigenvalue weighted by Gasteiger charge is -2.19. The Balaban J connectivity index is 2.11. The van der Waals surface area contributed by atoms with Gasteiger partial charge in [-0.25, -0.2) is 0 Å². The van der Waals surface area contributed by atoms with E-state index < -0.39 is 11.7 Å². The van der Waals surface area contributed by atoms with Gasteiger partial charge in [-0.2, -0.15) is 13.2 Å². The Bertz CT molecular complexity index is 580. The largest absolute Gasteiger partial charge is 0.416 e. The highest BCUT2D eigenvalue weighted by molar-refractivity contribution is 9.11. The molecule has 1 aromatic heterocycles. The third kappa shape index (κ3) is 3.84. The van der Waals surface area contributed by atoms with Crippen LogP contribution in [0.25, 0.3) is 0 Å². The van der Waals surface area contributed by atoms with Crippen LogP contribution >= 0.6 is 27.3 Å².